The number of likely N-dealkylation sites (N-methyl/N-ethyl adjacent to an activating group) is 1. The van der Waals surface area contributed by atoms with Crippen LogP contribution >= 0.6 is 23.1 Å². The molecule has 0 saturated carbocycles. The van der Waals surface area contributed by atoms with Crippen LogP contribution < -0.4 is 9.64 Å². The van der Waals surface area contributed by atoms with Gasteiger partial charge < -0.3 is 9.64 Å². The number of fused-ring (bicyclic) bond motifs is 1. The summed E-state index contributed by atoms with van der Waals surface area (Å²) < 4.78 is 6.36. The molecular formula is C20H23N3O2S2. The highest BCUT2D eigenvalue weighted by atomic mass is 32.2. The van der Waals surface area contributed by atoms with Crippen LogP contribution in [-0.2, 0) is 0 Å². The summed E-state index contributed by atoms with van der Waals surface area (Å²) in [5.74, 6) is 0.599. The van der Waals surface area contributed by atoms with Gasteiger partial charge in [0.05, 0.1) is 17.3 Å². The van der Waals surface area contributed by atoms with Crippen molar-refractivity contribution in [3.05, 3.63) is 48.0 Å². The lowest BCUT2D eigenvalue weighted by molar-refractivity contribution is 0.0985. The van der Waals surface area contributed by atoms with Crippen molar-refractivity contribution < 1.29 is 9.53 Å². The minimum atomic E-state index is -0.0695. The lowest BCUT2D eigenvalue weighted by Crippen LogP contribution is -2.36. The highest BCUT2D eigenvalue weighted by molar-refractivity contribution is 7.98. The van der Waals surface area contributed by atoms with Gasteiger partial charge in [-0.15, -0.1) is 11.8 Å². The number of aromatic nitrogens is 1. The molecule has 0 atom stereocenters. The third-order valence-electron chi connectivity index (χ3n) is 4.15. The molecule has 0 N–H and O–H groups in total. The Morgan fingerprint density at radius 3 is 2.70 bits per heavy atom. The minimum Gasteiger partial charge on any atom is -0.497 e. The molecule has 1 aromatic heterocycles. The van der Waals surface area contributed by atoms with Crippen LogP contribution in [0.15, 0.2) is 47.4 Å². The van der Waals surface area contributed by atoms with E-state index >= 15 is 0 Å². The fourth-order valence-electron chi connectivity index (χ4n) is 2.63. The number of rotatable bonds is 7. The van der Waals surface area contributed by atoms with Crippen LogP contribution in [0.25, 0.3) is 10.2 Å². The number of hydrogen-bond acceptors (Lipinski definition) is 6. The average molecular weight is 402 g/mol. The molecule has 1 amide bonds. The maximum absolute atomic E-state index is 13.2. The molecule has 0 fully saturated rings. The van der Waals surface area contributed by atoms with E-state index in [0.29, 0.717) is 17.9 Å². The lowest BCUT2D eigenvalue weighted by atomic mass is 10.2. The zero-order valence-corrected chi connectivity index (χ0v) is 17.6. The fourth-order valence-corrected chi connectivity index (χ4v) is 4.17. The largest absolute Gasteiger partial charge is 0.497 e. The van der Waals surface area contributed by atoms with Gasteiger partial charge in [-0.1, -0.05) is 17.4 Å². The summed E-state index contributed by atoms with van der Waals surface area (Å²) in [5.41, 5.74) is 1.51. The minimum absolute atomic E-state index is 0.0695. The quantitative estimate of drug-likeness (QED) is 0.554. The van der Waals surface area contributed by atoms with E-state index in [-0.39, 0.29) is 5.91 Å². The summed E-state index contributed by atoms with van der Waals surface area (Å²) in [6, 6.07) is 13.5. The van der Waals surface area contributed by atoms with Gasteiger partial charge in [0.2, 0.25) is 0 Å². The number of anilines is 1. The van der Waals surface area contributed by atoms with Crippen LogP contribution in [0.3, 0.4) is 0 Å². The number of ether oxygens (including phenoxy) is 1. The number of methoxy groups -OCH3 is 1. The van der Waals surface area contributed by atoms with E-state index in [1.54, 1.807) is 41.2 Å². The second kappa shape index (κ2) is 8.73. The van der Waals surface area contributed by atoms with Crippen molar-refractivity contribution in [2.75, 3.05) is 45.5 Å². The predicted octanol–water partition coefficient (Wildman–Crippen LogP) is 4.24. The van der Waals surface area contributed by atoms with Gasteiger partial charge in [-0.05, 0) is 56.7 Å². The number of carbonyl (C=O) groups excluding carboxylic acids is 1. The number of amides is 1. The number of carbonyl (C=O) groups is 1. The van der Waals surface area contributed by atoms with Crippen molar-refractivity contribution in [1.82, 2.24) is 9.88 Å². The van der Waals surface area contributed by atoms with Gasteiger partial charge in [0.15, 0.2) is 5.13 Å². The standard InChI is InChI=1S/C20H23N3O2S2/c1-22(2)10-11-23(19(24)14-6-5-7-15(12-14)25-3)20-21-17-9-8-16(26-4)13-18(17)27-20/h5-9,12-13H,10-11H2,1-4H3. The maximum Gasteiger partial charge on any atom is 0.260 e. The van der Waals surface area contributed by atoms with Crippen molar-refractivity contribution in [2.24, 2.45) is 0 Å². The Kier molecular flexibility index (Phi) is 6.36. The highest BCUT2D eigenvalue weighted by Crippen LogP contribution is 2.32. The van der Waals surface area contributed by atoms with Crippen molar-refractivity contribution in [1.29, 1.82) is 0 Å². The molecule has 27 heavy (non-hydrogen) atoms. The molecule has 2 aromatic carbocycles. The molecule has 0 bridgehead atoms. The summed E-state index contributed by atoms with van der Waals surface area (Å²) in [5, 5.41) is 0.720. The van der Waals surface area contributed by atoms with Crippen molar-refractivity contribution in [3.63, 3.8) is 0 Å². The zero-order valence-electron chi connectivity index (χ0n) is 15.9. The van der Waals surface area contributed by atoms with Gasteiger partial charge in [-0.3, -0.25) is 9.69 Å². The molecule has 142 valence electrons. The normalized spacial score (nSPS) is 11.1. The van der Waals surface area contributed by atoms with E-state index in [9.17, 15) is 4.79 Å². The van der Waals surface area contributed by atoms with Gasteiger partial charge in [-0.25, -0.2) is 4.98 Å². The third-order valence-corrected chi connectivity index (χ3v) is 5.91. The maximum atomic E-state index is 13.2. The predicted molar refractivity (Wildman–Crippen MR) is 115 cm³/mol. The molecule has 0 saturated heterocycles. The Labute approximate surface area is 168 Å². The molecule has 0 aliphatic heterocycles. The Morgan fingerprint density at radius 1 is 1.19 bits per heavy atom. The van der Waals surface area contributed by atoms with E-state index < -0.39 is 0 Å². The molecule has 0 radical (unpaired) electrons. The molecular weight excluding hydrogens is 378 g/mol. The highest BCUT2D eigenvalue weighted by Gasteiger charge is 2.22. The van der Waals surface area contributed by atoms with Crippen LogP contribution in [0, 0.1) is 0 Å². The van der Waals surface area contributed by atoms with Crippen LogP contribution in [-0.4, -0.2) is 56.3 Å². The molecule has 0 aliphatic carbocycles. The summed E-state index contributed by atoms with van der Waals surface area (Å²) in [7, 11) is 5.60. The summed E-state index contributed by atoms with van der Waals surface area (Å²) >= 11 is 3.25. The molecule has 1 heterocycles. The smallest absolute Gasteiger partial charge is 0.260 e. The van der Waals surface area contributed by atoms with E-state index in [4.69, 9.17) is 9.72 Å². The van der Waals surface area contributed by atoms with Gasteiger partial charge in [-0.2, -0.15) is 0 Å². The first kappa shape index (κ1) is 19.7. The fraction of sp³-hybridized carbons (Fsp3) is 0.300. The summed E-state index contributed by atoms with van der Waals surface area (Å²) in [6.07, 6.45) is 2.05. The number of thioether (sulfide) groups is 1. The number of hydrogen-bond donors (Lipinski definition) is 0. The van der Waals surface area contributed by atoms with Crippen LogP contribution in [0.2, 0.25) is 0 Å². The van der Waals surface area contributed by atoms with Crippen molar-refractivity contribution in [2.45, 2.75) is 4.90 Å². The summed E-state index contributed by atoms with van der Waals surface area (Å²) in [6.45, 7) is 1.32. The second-order valence-corrected chi connectivity index (χ2v) is 8.21. The Balaban J connectivity index is 1.98. The molecule has 0 spiro atoms. The van der Waals surface area contributed by atoms with Crippen molar-refractivity contribution in [3.8, 4) is 5.75 Å². The van der Waals surface area contributed by atoms with Crippen molar-refractivity contribution >= 4 is 44.4 Å². The molecule has 5 nitrogen and oxygen atoms in total. The Hall–Kier alpha value is -2.09. The van der Waals surface area contributed by atoms with E-state index in [1.165, 1.54) is 4.90 Å². The van der Waals surface area contributed by atoms with Crippen LogP contribution in [0.5, 0.6) is 5.75 Å². The number of benzene rings is 2. The first-order valence-corrected chi connectivity index (χ1v) is 10.6. The summed E-state index contributed by atoms with van der Waals surface area (Å²) in [4.78, 5) is 23.0. The van der Waals surface area contributed by atoms with Gasteiger partial charge in [0, 0.05) is 23.5 Å². The van der Waals surface area contributed by atoms with Crippen LogP contribution in [0.4, 0.5) is 5.13 Å². The molecule has 0 unspecified atom stereocenters. The topological polar surface area (TPSA) is 45.7 Å². The third kappa shape index (κ3) is 4.61. The lowest BCUT2D eigenvalue weighted by Gasteiger charge is -2.22. The first-order valence-electron chi connectivity index (χ1n) is 8.57. The van der Waals surface area contributed by atoms with Gasteiger partial charge >= 0.3 is 0 Å². The van der Waals surface area contributed by atoms with Gasteiger partial charge in [0.1, 0.15) is 5.75 Å². The van der Waals surface area contributed by atoms with E-state index in [0.717, 1.165) is 21.9 Å². The van der Waals surface area contributed by atoms with E-state index in [1.807, 2.05) is 38.4 Å². The molecule has 0 aliphatic rings. The SMILES string of the molecule is COc1cccc(C(=O)N(CCN(C)C)c2nc3ccc(SC)cc3s2)c1. The zero-order chi connectivity index (χ0) is 19.4. The second-order valence-electron chi connectivity index (χ2n) is 6.32. The number of nitrogens with zero attached hydrogens (tertiary/aromatic N) is 3. The first-order chi connectivity index (χ1) is 13.0. The molecule has 7 heteroatoms. The Morgan fingerprint density at radius 2 is 2.00 bits per heavy atom. The molecule has 3 rings (SSSR count). The van der Waals surface area contributed by atoms with Crippen LogP contribution in [0.1, 0.15) is 10.4 Å². The van der Waals surface area contributed by atoms with E-state index in [2.05, 4.69) is 23.3 Å². The number of thiazole rings is 1. The Bertz CT molecular complexity index is 940. The monoisotopic (exact) mass is 401 g/mol. The van der Waals surface area contributed by atoms with Gasteiger partial charge in [0.25, 0.3) is 5.91 Å². The molecule has 3 aromatic rings. The average Bonchev–Trinajstić information content (AvgIpc) is 3.10.